The number of hydrogen-bond acceptors (Lipinski definition) is 5. The third-order valence-electron chi connectivity index (χ3n) is 4.07. The summed E-state index contributed by atoms with van der Waals surface area (Å²) in [7, 11) is 0. The fourth-order valence-corrected chi connectivity index (χ4v) is 2.89. The molecule has 2 aromatic carbocycles. The molecule has 0 spiro atoms. The first-order valence-corrected chi connectivity index (χ1v) is 8.00. The molecule has 0 bridgehead atoms. The Labute approximate surface area is 143 Å². The lowest BCUT2D eigenvalue weighted by Crippen LogP contribution is -2.53. The van der Waals surface area contributed by atoms with E-state index in [-0.39, 0.29) is 11.5 Å². The number of para-hydroxylation sites is 2. The van der Waals surface area contributed by atoms with Crippen molar-refractivity contribution in [2.75, 3.05) is 18.4 Å². The fraction of sp³-hybridized carbons (Fsp3) is 0.111. The van der Waals surface area contributed by atoms with Crippen LogP contribution in [0.1, 0.15) is 0 Å². The summed E-state index contributed by atoms with van der Waals surface area (Å²) in [5, 5.41) is 22.7. The van der Waals surface area contributed by atoms with E-state index < -0.39 is 0 Å². The molecule has 0 saturated carbocycles. The van der Waals surface area contributed by atoms with Crippen LogP contribution in [0.15, 0.2) is 48.7 Å². The Morgan fingerprint density at radius 2 is 1.92 bits per heavy atom. The molecule has 7 nitrogen and oxygen atoms in total. The van der Waals surface area contributed by atoms with Crippen LogP contribution in [0.2, 0.25) is 0 Å². The largest absolute Gasteiger partial charge is 0.504 e. The molecule has 0 unspecified atom stereocenters. The zero-order valence-electron chi connectivity index (χ0n) is 13.5. The van der Waals surface area contributed by atoms with E-state index in [4.69, 9.17) is 0 Å². The summed E-state index contributed by atoms with van der Waals surface area (Å²) < 4.78 is 2.00. The van der Waals surface area contributed by atoms with Crippen molar-refractivity contribution in [1.82, 2.24) is 14.4 Å². The average molecular weight is 336 g/mol. The summed E-state index contributed by atoms with van der Waals surface area (Å²) in [6.07, 6.45) is 1.74. The minimum absolute atomic E-state index is 0.151. The molecule has 0 radical (unpaired) electrons. The normalized spacial score (nSPS) is 11.2. The maximum absolute atomic E-state index is 9.84. The summed E-state index contributed by atoms with van der Waals surface area (Å²) in [6.45, 7) is 1.43. The molecular formula is C18H18N5O2+. The number of fused-ring (bicyclic) bond motifs is 3. The fourth-order valence-electron chi connectivity index (χ4n) is 2.89. The Balaban J connectivity index is 2.02. The maximum Gasteiger partial charge on any atom is 0.181 e. The molecule has 7 heteroatoms. The predicted molar refractivity (Wildman–Crippen MR) is 95.5 cm³/mol. The number of aromatic nitrogens is 3. The third-order valence-corrected chi connectivity index (χ3v) is 4.07. The molecule has 0 amide bonds. The first-order valence-electron chi connectivity index (χ1n) is 8.00. The molecule has 2 heterocycles. The highest BCUT2D eigenvalue weighted by atomic mass is 16.3. The maximum atomic E-state index is 9.84. The third kappa shape index (κ3) is 2.50. The number of phenolic OH excluding ortho intramolecular Hbond substituents is 2. The highest BCUT2D eigenvalue weighted by Gasteiger charge is 2.15. The van der Waals surface area contributed by atoms with Gasteiger partial charge >= 0.3 is 0 Å². The molecule has 0 aliphatic carbocycles. The molecule has 0 fully saturated rings. The Kier molecular flexibility index (Phi) is 3.62. The average Bonchev–Trinajstić information content (AvgIpc) is 3.07. The van der Waals surface area contributed by atoms with E-state index in [2.05, 4.69) is 21.0 Å². The first kappa shape index (κ1) is 15.2. The van der Waals surface area contributed by atoms with Crippen molar-refractivity contribution in [3.05, 3.63) is 48.7 Å². The Morgan fingerprint density at radius 3 is 2.72 bits per heavy atom. The second-order valence-corrected chi connectivity index (χ2v) is 5.74. The number of hydrogen-bond donors (Lipinski definition) is 4. The monoisotopic (exact) mass is 336 g/mol. The van der Waals surface area contributed by atoms with Crippen molar-refractivity contribution >= 4 is 22.5 Å². The van der Waals surface area contributed by atoms with Crippen molar-refractivity contribution in [3.8, 4) is 22.8 Å². The molecule has 0 aliphatic heterocycles. The van der Waals surface area contributed by atoms with Crippen molar-refractivity contribution in [2.24, 2.45) is 0 Å². The number of aromatic hydroxyl groups is 2. The minimum Gasteiger partial charge on any atom is -0.504 e. The van der Waals surface area contributed by atoms with Crippen LogP contribution in [0.25, 0.3) is 27.9 Å². The van der Waals surface area contributed by atoms with Gasteiger partial charge in [0.05, 0.1) is 36.0 Å². The highest BCUT2D eigenvalue weighted by Crippen LogP contribution is 2.33. The second-order valence-electron chi connectivity index (χ2n) is 5.74. The summed E-state index contributed by atoms with van der Waals surface area (Å²) in [4.78, 5) is 9.19. The van der Waals surface area contributed by atoms with Gasteiger partial charge in [-0.05, 0) is 30.3 Å². The van der Waals surface area contributed by atoms with E-state index in [0.717, 1.165) is 28.8 Å². The molecule has 4 rings (SSSR count). The lowest BCUT2D eigenvalue weighted by molar-refractivity contribution is -0.362. The zero-order valence-corrected chi connectivity index (χ0v) is 13.5. The van der Waals surface area contributed by atoms with E-state index in [1.54, 1.807) is 12.3 Å². The molecule has 2 aromatic heterocycles. The van der Waals surface area contributed by atoms with Crippen LogP contribution >= 0.6 is 0 Å². The summed E-state index contributed by atoms with van der Waals surface area (Å²) in [5.74, 6) is 0.375. The molecule has 0 aliphatic rings. The van der Waals surface area contributed by atoms with E-state index in [0.29, 0.717) is 18.0 Å². The van der Waals surface area contributed by atoms with Crippen molar-refractivity contribution < 1.29 is 15.9 Å². The van der Waals surface area contributed by atoms with Crippen LogP contribution < -0.4 is 11.1 Å². The van der Waals surface area contributed by atoms with E-state index in [1.807, 2.05) is 28.7 Å². The molecule has 4 aromatic rings. The molecular weight excluding hydrogens is 318 g/mol. The van der Waals surface area contributed by atoms with Crippen molar-refractivity contribution in [3.63, 3.8) is 0 Å². The minimum atomic E-state index is -0.166. The summed E-state index contributed by atoms with van der Waals surface area (Å²) >= 11 is 0. The van der Waals surface area contributed by atoms with E-state index in [1.165, 1.54) is 12.1 Å². The van der Waals surface area contributed by atoms with Crippen LogP contribution in [0.5, 0.6) is 11.5 Å². The number of imidazole rings is 1. The van der Waals surface area contributed by atoms with Gasteiger partial charge in [0.2, 0.25) is 0 Å². The Morgan fingerprint density at radius 1 is 1.08 bits per heavy atom. The lowest BCUT2D eigenvalue weighted by atomic mass is 10.1. The first-order chi connectivity index (χ1) is 12.2. The van der Waals surface area contributed by atoms with Crippen LogP contribution in [0.3, 0.4) is 0 Å². The Bertz CT molecular complexity index is 1070. The highest BCUT2D eigenvalue weighted by molar-refractivity contribution is 5.86. The Hall–Kier alpha value is -3.32. The molecule has 0 atom stereocenters. The van der Waals surface area contributed by atoms with Gasteiger partial charge in [0.15, 0.2) is 23.0 Å². The smallest absolute Gasteiger partial charge is 0.181 e. The van der Waals surface area contributed by atoms with Crippen LogP contribution in [0, 0.1) is 0 Å². The quantitative estimate of drug-likeness (QED) is 0.423. The second kappa shape index (κ2) is 5.95. The van der Waals surface area contributed by atoms with E-state index in [9.17, 15) is 10.2 Å². The van der Waals surface area contributed by atoms with Gasteiger partial charge in [-0.2, -0.15) is 0 Å². The number of benzene rings is 2. The van der Waals surface area contributed by atoms with Gasteiger partial charge in [0.25, 0.3) is 0 Å². The number of phenols is 2. The number of quaternary nitrogens is 1. The van der Waals surface area contributed by atoms with Crippen LogP contribution in [-0.2, 0) is 0 Å². The van der Waals surface area contributed by atoms with Crippen LogP contribution in [0.4, 0.5) is 5.82 Å². The van der Waals surface area contributed by atoms with Gasteiger partial charge in [0, 0.05) is 5.56 Å². The predicted octanol–water partition coefficient (Wildman–Crippen LogP) is 1.61. The van der Waals surface area contributed by atoms with Gasteiger partial charge in [0.1, 0.15) is 0 Å². The van der Waals surface area contributed by atoms with Gasteiger partial charge in [-0.15, -0.1) is 0 Å². The van der Waals surface area contributed by atoms with Crippen molar-refractivity contribution in [1.29, 1.82) is 0 Å². The lowest BCUT2D eigenvalue weighted by Gasteiger charge is -2.11. The van der Waals surface area contributed by atoms with Gasteiger partial charge in [-0.1, -0.05) is 12.1 Å². The van der Waals surface area contributed by atoms with Crippen LogP contribution in [-0.4, -0.2) is 37.7 Å². The molecule has 25 heavy (non-hydrogen) atoms. The van der Waals surface area contributed by atoms with Gasteiger partial charge < -0.3 is 21.3 Å². The number of nitrogens with one attached hydrogen (secondary N) is 1. The van der Waals surface area contributed by atoms with Gasteiger partial charge in [-0.3, -0.25) is 4.40 Å². The molecule has 126 valence electrons. The standard InChI is InChI=1S/C18H17N5O2/c19-7-8-20-17-18-21-10-14(11-5-6-15(24)16(25)9-11)23(18)13-4-2-1-3-12(13)22-17/h1-6,9-10,24-25H,7-8,19H2,(H,20,22)/p+1. The number of anilines is 1. The summed E-state index contributed by atoms with van der Waals surface area (Å²) in [6, 6.07) is 12.6. The molecule has 6 N–H and O–H groups in total. The molecule has 0 saturated heterocycles. The van der Waals surface area contributed by atoms with Crippen molar-refractivity contribution in [2.45, 2.75) is 0 Å². The van der Waals surface area contributed by atoms with E-state index >= 15 is 0 Å². The zero-order chi connectivity index (χ0) is 17.4. The number of rotatable bonds is 4. The van der Waals surface area contributed by atoms with Gasteiger partial charge in [-0.25, -0.2) is 9.97 Å². The SMILES string of the molecule is [NH3+]CCNc1nc2ccccc2n2c(-c3ccc(O)c(O)c3)cnc12. The topological polar surface area (TPSA) is 110 Å². The summed E-state index contributed by atoms with van der Waals surface area (Å²) in [5.41, 5.74) is 7.86. The number of nitrogens with zero attached hydrogens (tertiary/aromatic N) is 3.